The van der Waals surface area contributed by atoms with Gasteiger partial charge < -0.3 is 19.8 Å². The Morgan fingerprint density at radius 1 is 0.857 bits per heavy atom. The summed E-state index contributed by atoms with van der Waals surface area (Å²) in [6, 6.07) is -1.83. The van der Waals surface area contributed by atoms with E-state index in [4.69, 9.17) is 0 Å². The Balaban J connectivity index is -0.00000162. The zero-order chi connectivity index (χ0) is 14.8. The number of hydrogen-bond acceptors (Lipinski definition) is 5. The van der Waals surface area contributed by atoms with Gasteiger partial charge in [0.15, 0.2) is 0 Å². The molecule has 0 aromatic heterocycles. The predicted octanol–water partition coefficient (Wildman–Crippen LogP) is -6.07. The van der Waals surface area contributed by atoms with Crippen LogP contribution in [0.1, 0.15) is 59.3 Å². The van der Waals surface area contributed by atoms with Gasteiger partial charge in [0.05, 0.1) is 11.9 Å². The summed E-state index contributed by atoms with van der Waals surface area (Å²) in [7, 11) is 0. The Kier molecular flexibility index (Phi) is 18.6. The van der Waals surface area contributed by atoms with Gasteiger partial charge in [-0.3, -0.25) is 4.90 Å². The van der Waals surface area contributed by atoms with E-state index in [2.05, 4.69) is 6.92 Å². The van der Waals surface area contributed by atoms with Crippen LogP contribution in [-0.2, 0) is 9.59 Å². The van der Waals surface area contributed by atoms with E-state index in [0.29, 0.717) is 6.54 Å². The third-order valence-electron chi connectivity index (χ3n) is 3.45. The second-order valence-electron chi connectivity index (χ2n) is 5.00. The number of carbonyl (C=O) groups excluding carboxylic acids is 2. The van der Waals surface area contributed by atoms with E-state index in [0.717, 1.165) is 19.3 Å². The van der Waals surface area contributed by atoms with Crippen LogP contribution in [0, 0.1) is 0 Å². The summed E-state index contributed by atoms with van der Waals surface area (Å²) in [5.74, 6) is -2.50. The molecule has 0 aliphatic heterocycles. The van der Waals surface area contributed by atoms with E-state index in [1.54, 1.807) is 0 Å². The van der Waals surface area contributed by atoms with Crippen molar-refractivity contribution >= 4 is 11.9 Å². The van der Waals surface area contributed by atoms with Crippen LogP contribution < -0.4 is 47.9 Å². The number of carboxylic acids is 2. The van der Waals surface area contributed by atoms with Gasteiger partial charge in [0, 0.05) is 12.1 Å². The standard InChI is InChI=1S/C14H27NO4.2Li/c1-4-5-6-7-8-9-10-15(11(2)13(16)17)12(3)14(18)19;;/h11-12H,4-10H2,1-3H3,(H,16,17)(H,18,19);;/q;2*+1/p-2. The van der Waals surface area contributed by atoms with Gasteiger partial charge in [-0.05, 0) is 26.8 Å². The minimum Gasteiger partial charge on any atom is -0.548 e. The smallest absolute Gasteiger partial charge is 0.548 e. The van der Waals surface area contributed by atoms with E-state index < -0.39 is 24.0 Å². The minimum atomic E-state index is -1.25. The number of unbranched alkanes of at least 4 members (excludes halogenated alkanes) is 5. The van der Waals surface area contributed by atoms with Gasteiger partial charge in [0.25, 0.3) is 0 Å². The van der Waals surface area contributed by atoms with Gasteiger partial charge in [-0.15, -0.1) is 0 Å². The summed E-state index contributed by atoms with van der Waals surface area (Å²) in [4.78, 5) is 23.2. The summed E-state index contributed by atoms with van der Waals surface area (Å²) in [6.45, 7) is 5.49. The molecule has 112 valence electrons. The van der Waals surface area contributed by atoms with Crippen LogP contribution in [0.5, 0.6) is 0 Å². The number of carboxylic acid groups (broad SMARTS) is 2. The Bertz CT molecular complexity index is 270. The number of carbonyl (C=O) groups is 2. The van der Waals surface area contributed by atoms with Crippen LogP contribution in [0.4, 0.5) is 0 Å². The van der Waals surface area contributed by atoms with E-state index in [9.17, 15) is 19.8 Å². The van der Waals surface area contributed by atoms with Crippen molar-refractivity contribution in [3.05, 3.63) is 0 Å². The van der Waals surface area contributed by atoms with Gasteiger partial charge in [0.1, 0.15) is 0 Å². The number of aliphatic carboxylic acids is 2. The molecule has 0 amide bonds. The third kappa shape index (κ3) is 11.3. The van der Waals surface area contributed by atoms with Gasteiger partial charge in [0.2, 0.25) is 0 Å². The third-order valence-corrected chi connectivity index (χ3v) is 3.45. The molecule has 2 unspecified atom stereocenters. The van der Waals surface area contributed by atoms with Crippen molar-refractivity contribution in [3.63, 3.8) is 0 Å². The molecule has 7 heteroatoms. The molecule has 0 saturated carbocycles. The molecule has 0 fully saturated rings. The molecule has 0 aliphatic carbocycles. The average molecular weight is 285 g/mol. The largest absolute Gasteiger partial charge is 1.00 e. The fraction of sp³-hybridized carbons (Fsp3) is 0.857. The summed E-state index contributed by atoms with van der Waals surface area (Å²) in [6.07, 6.45) is 6.42. The van der Waals surface area contributed by atoms with E-state index >= 15 is 0 Å². The molecule has 0 saturated heterocycles. The average Bonchev–Trinajstić information content (AvgIpc) is 2.36. The van der Waals surface area contributed by atoms with Gasteiger partial charge >= 0.3 is 37.7 Å². The van der Waals surface area contributed by atoms with Crippen molar-refractivity contribution in [2.24, 2.45) is 0 Å². The molecule has 5 nitrogen and oxygen atoms in total. The molecule has 0 N–H and O–H groups in total. The molecular formula is C14H25Li2NO4. The van der Waals surface area contributed by atoms with E-state index in [-0.39, 0.29) is 37.7 Å². The van der Waals surface area contributed by atoms with Crippen LogP contribution >= 0.6 is 0 Å². The molecule has 0 heterocycles. The normalized spacial score (nSPS) is 13.0. The van der Waals surface area contributed by atoms with Crippen molar-refractivity contribution in [2.75, 3.05) is 6.54 Å². The maximum absolute atomic E-state index is 10.9. The van der Waals surface area contributed by atoms with Crippen LogP contribution in [0.2, 0.25) is 0 Å². The fourth-order valence-electron chi connectivity index (χ4n) is 2.07. The van der Waals surface area contributed by atoms with Crippen molar-refractivity contribution < 1.29 is 57.5 Å². The molecule has 0 aromatic carbocycles. The van der Waals surface area contributed by atoms with Gasteiger partial charge in [-0.25, -0.2) is 0 Å². The maximum atomic E-state index is 10.9. The Hall–Kier alpha value is 0.0948. The van der Waals surface area contributed by atoms with Crippen molar-refractivity contribution in [3.8, 4) is 0 Å². The Labute approximate surface area is 152 Å². The van der Waals surface area contributed by atoms with Crippen LogP contribution in [-0.4, -0.2) is 35.5 Å². The minimum absolute atomic E-state index is 0. The molecule has 0 bridgehead atoms. The van der Waals surface area contributed by atoms with Crippen LogP contribution in [0.25, 0.3) is 0 Å². The number of rotatable bonds is 11. The second-order valence-corrected chi connectivity index (χ2v) is 5.00. The molecule has 0 spiro atoms. The monoisotopic (exact) mass is 285 g/mol. The number of nitrogens with zero attached hydrogens (tertiary/aromatic N) is 1. The molecule has 0 aromatic rings. The van der Waals surface area contributed by atoms with Crippen molar-refractivity contribution in [1.29, 1.82) is 0 Å². The van der Waals surface area contributed by atoms with E-state index in [1.165, 1.54) is 38.0 Å². The Morgan fingerprint density at radius 2 is 1.24 bits per heavy atom. The fourth-order valence-corrected chi connectivity index (χ4v) is 2.07. The first-order valence-electron chi connectivity index (χ1n) is 7.09. The molecule has 0 radical (unpaired) electrons. The van der Waals surface area contributed by atoms with E-state index in [1.807, 2.05) is 0 Å². The molecule has 0 aliphatic rings. The zero-order valence-electron chi connectivity index (χ0n) is 14.2. The first kappa shape index (κ1) is 26.0. The van der Waals surface area contributed by atoms with Gasteiger partial charge in [-0.1, -0.05) is 39.0 Å². The topological polar surface area (TPSA) is 83.5 Å². The maximum Gasteiger partial charge on any atom is 1.00 e. The van der Waals surface area contributed by atoms with Crippen molar-refractivity contribution in [2.45, 2.75) is 71.4 Å². The molecule has 0 rings (SSSR count). The molecular weight excluding hydrogens is 260 g/mol. The summed E-state index contributed by atoms with van der Waals surface area (Å²) < 4.78 is 0. The summed E-state index contributed by atoms with van der Waals surface area (Å²) in [5.41, 5.74) is 0. The van der Waals surface area contributed by atoms with Gasteiger partial charge in [-0.2, -0.15) is 0 Å². The first-order chi connectivity index (χ1) is 8.91. The number of hydrogen-bond donors (Lipinski definition) is 0. The first-order valence-corrected chi connectivity index (χ1v) is 7.09. The SMILES string of the molecule is CCCCCCCCN(C(C)C(=O)[O-])C(C)C(=O)[O-].[Li+].[Li+]. The quantitative estimate of drug-likeness (QED) is 0.279. The summed E-state index contributed by atoms with van der Waals surface area (Å²) in [5, 5.41) is 21.8. The van der Waals surface area contributed by atoms with Crippen LogP contribution in [0.3, 0.4) is 0 Å². The predicted molar refractivity (Wildman–Crippen MR) is 69.0 cm³/mol. The second kappa shape index (κ2) is 15.0. The molecule has 21 heavy (non-hydrogen) atoms. The van der Waals surface area contributed by atoms with Crippen molar-refractivity contribution in [1.82, 2.24) is 4.90 Å². The molecule has 2 atom stereocenters. The van der Waals surface area contributed by atoms with Crippen LogP contribution in [0.15, 0.2) is 0 Å². The zero-order valence-corrected chi connectivity index (χ0v) is 14.2. The summed E-state index contributed by atoms with van der Waals surface area (Å²) >= 11 is 0. The Morgan fingerprint density at radius 3 is 1.62 bits per heavy atom.